The van der Waals surface area contributed by atoms with Crippen molar-refractivity contribution in [3.8, 4) is 17.2 Å². The van der Waals surface area contributed by atoms with Gasteiger partial charge in [-0.15, -0.1) is 0 Å². The third-order valence-electron chi connectivity index (χ3n) is 3.35. The molecule has 5 heteroatoms. The molecule has 0 spiro atoms. The quantitative estimate of drug-likeness (QED) is 0.787. The smallest absolute Gasteiger partial charge is 0.134 e. The van der Waals surface area contributed by atoms with Gasteiger partial charge in [0.2, 0.25) is 0 Å². The second-order valence-corrected chi connectivity index (χ2v) is 6.03. The van der Waals surface area contributed by atoms with E-state index in [1.54, 1.807) is 7.11 Å². The Morgan fingerprint density at radius 2 is 2.14 bits per heavy atom. The summed E-state index contributed by atoms with van der Waals surface area (Å²) in [5.74, 6) is 2.44. The lowest BCUT2D eigenvalue weighted by atomic mass is 10.1. The van der Waals surface area contributed by atoms with Crippen LogP contribution in [0.3, 0.4) is 0 Å². The Balaban J connectivity index is 1.79. The standard InChI is InChI=1S/C16H14BrClO3/c1-19-13-2-3-15(14(17)8-13)21-9-11-7-12(18)6-10-4-5-20-16(10)11/h2-3,6-8H,4-5,9H2,1H3. The van der Waals surface area contributed by atoms with Gasteiger partial charge in [-0.05, 0) is 51.8 Å². The van der Waals surface area contributed by atoms with Gasteiger partial charge >= 0.3 is 0 Å². The minimum Gasteiger partial charge on any atom is -0.497 e. The average molecular weight is 370 g/mol. The van der Waals surface area contributed by atoms with E-state index in [0.717, 1.165) is 39.3 Å². The largest absolute Gasteiger partial charge is 0.497 e. The molecule has 21 heavy (non-hydrogen) atoms. The molecule has 2 aromatic carbocycles. The fourth-order valence-corrected chi connectivity index (χ4v) is 3.07. The maximum atomic E-state index is 6.14. The highest BCUT2D eigenvalue weighted by Gasteiger charge is 2.18. The molecule has 0 fully saturated rings. The van der Waals surface area contributed by atoms with Gasteiger partial charge in [-0.2, -0.15) is 0 Å². The monoisotopic (exact) mass is 368 g/mol. The van der Waals surface area contributed by atoms with Crippen LogP contribution in [0.25, 0.3) is 0 Å². The van der Waals surface area contributed by atoms with Gasteiger partial charge in [-0.3, -0.25) is 0 Å². The predicted molar refractivity (Wildman–Crippen MR) is 85.7 cm³/mol. The molecule has 2 aromatic rings. The second kappa shape index (κ2) is 6.16. The minimum atomic E-state index is 0.411. The SMILES string of the molecule is COc1ccc(OCc2cc(Cl)cc3c2OCC3)c(Br)c1. The summed E-state index contributed by atoms with van der Waals surface area (Å²) < 4.78 is 17.5. The van der Waals surface area contributed by atoms with E-state index in [1.165, 1.54) is 0 Å². The van der Waals surface area contributed by atoms with E-state index in [9.17, 15) is 0 Å². The maximum absolute atomic E-state index is 6.14. The molecule has 0 atom stereocenters. The summed E-state index contributed by atoms with van der Waals surface area (Å²) in [7, 11) is 1.63. The number of halogens is 2. The Kier molecular flexibility index (Phi) is 4.27. The molecule has 0 saturated heterocycles. The molecule has 0 radical (unpaired) electrons. The highest BCUT2D eigenvalue weighted by molar-refractivity contribution is 9.10. The molecule has 0 saturated carbocycles. The molecule has 0 aromatic heterocycles. The van der Waals surface area contributed by atoms with Crippen LogP contribution in [0.2, 0.25) is 5.02 Å². The summed E-state index contributed by atoms with van der Waals surface area (Å²) in [5.41, 5.74) is 2.12. The summed E-state index contributed by atoms with van der Waals surface area (Å²) in [5, 5.41) is 0.714. The van der Waals surface area contributed by atoms with Crippen LogP contribution < -0.4 is 14.2 Å². The normalized spacial score (nSPS) is 12.7. The maximum Gasteiger partial charge on any atom is 0.134 e. The van der Waals surface area contributed by atoms with E-state index in [1.807, 2.05) is 30.3 Å². The molecule has 0 amide bonds. The lowest BCUT2D eigenvalue weighted by Gasteiger charge is -2.12. The lowest BCUT2D eigenvalue weighted by molar-refractivity contribution is 0.290. The van der Waals surface area contributed by atoms with Crippen molar-refractivity contribution in [2.45, 2.75) is 13.0 Å². The van der Waals surface area contributed by atoms with E-state index in [2.05, 4.69) is 15.9 Å². The summed E-state index contributed by atoms with van der Waals surface area (Å²) in [6, 6.07) is 9.45. The van der Waals surface area contributed by atoms with Gasteiger partial charge in [0.1, 0.15) is 23.9 Å². The number of hydrogen-bond donors (Lipinski definition) is 0. The van der Waals surface area contributed by atoms with Crippen LogP contribution in [-0.4, -0.2) is 13.7 Å². The van der Waals surface area contributed by atoms with Crippen LogP contribution in [-0.2, 0) is 13.0 Å². The van der Waals surface area contributed by atoms with E-state index >= 15 is 0 Å². The van der Waals surface area contributed by atoms with Crippen LogP contribution in [0.4, 0.5) is 0 Å². The number of benzene rings is 2. The van der Waals surface area contributed by atoms with Crippen molar-refractivity contribution in [1.82, 2.24) is 0 Å². The van der Waals surface area contributed by atoms with Gasteiger partial charge in [0.25, 0.3) is 0 Å². The summed E-state index contributed by atoms with van der Waals surface area (Å²) in [6.07, 6.45) is 0.898. The molecule has 1 heterocycles. The van der Waals surface area contributed by atoms with Crippen molar-refractivity contribution in [3.05, 3.63) is 51.0 Å². The van der Waals surface area contributed by atoms with Gasteiger partial charge in [0.05, 0.1) is 18.2 Å². The first-order valence-electron chi connectivity index (χ1n) is 6.58. The van der Waals surface area contributed by atoms with E-state index < -0.39 is 0 Å². The lowest BCUT2D eigenvalue weighted by Crippen LogP contribution is -1.99. The van der Waals surface area contributed by atoms with Crippen LogP contribution in [0, 0.1) is 0 Å². The van der Waals surface area contributed by atoms with Crippen LogP contribution >= 0.6 is 27.5 Å². The highest BCUT2D eigenvalue weighted by Crippen LogP contribution is 2.35. The zero-order chi connectivity index (χ0) is 14.8. The third kappa shape index (κ3) is 3.11. The molecule has 0 N–H and O–H groups in total. The van der Waals surface area contributed by atoms with Gasteiger partial charge in [0, 0.05) is 17.0 Å². The Bertz CT molecular complexity index is 673. The van der Waals surface area contributed by atoms with Crippen LogP contribution in [0.5, 0.6) is 17.2 Å². The summed E-state index contributed by atoms with van der Waals surface area (Å²) in [6.45, 7) is 1.11. The molecule has 0 aliphatic carbocycles. The Morgan fingerprint density at radius 1 is 1.29 bits per heavy atom. The zero-order valence-electron chi connectivity index (χ0n) is 11.5. The Labute approximate surface area is 136 Å². The summed E-state index contributed by atoms with van der Waals surface area (Å²) in [4.78, 5) is 0. The second-order valence-electron chi connectivity index (χ2n) is 4.74. The zero-order valence-corrected chi connectivity index (χ0v) is 13.8. The van der Waals surface area contributed by atoms with Gasteiger partial charge in [-0.1, -0.05) is 11.6 Å². The number of hydrogen-bond acceptors (Lipinski definition) is 3. The molecule has 3 nitrogen and oxygen atoms in total. The predicted octanol–water partition coefficient (Wildman–Crippen LogP) is 4.63. The van der Waals surface area contributed by atoms with Crippen molar-refractivity contribution < 1.29 is 14.2 Å². The minimum absolute atomic E-state index is 0.411. The number of ether oxygens (including phenoxy) is 3. The first-order chi connectivity index (χ1) is 10.2. The van der Waals surface area contributed by atoms with Crippen LogP contribution in [0.1, 0.15) is 11.1 Å². The molecular formula is C16H14BrClO3. The van der Waals surface area contributed by atoms with Gasteiger partial charge in [0.15, 0.2) is 0 Å². The molecule has 0 bridgehead atoms. The molecule has 3 rings (SSSR count). The van der Waals surface area contributed by atoms with E-state index in [4.69, 9.17) is 25.8 Å². The molecule has 0 unspecified atom stereocenters. The third-order valence-corrected chi connectivity index (χ3v) is 4.19. The number of rotatable bonds is 4. The van der Waals surface area contributed by atoms with Crippen LogP contribution in [0.15, 0.2) is 34.8 Å². The Hall–Kier alpha value is -1.39. The Morgan fingerprint density at radius 3 is 2.90 bits per heavy atom. The summed E-state index contributed by atoms with van der Waals surface area (Å²) >= 11 is 9.62. The van der Waals surface area contributed by atoms with Crippen molar-refractivity contribution >= 4 is 27.5 Å². The average Bonchev–Trinajstić information content (AvgIpc) is 2.93. The molecule has 1 aliphatic rings. The molecule has 1 aliphatic heterocycles. The molecular weight excluding hydrogens is 356 g/mol. The fourth-order valence-electron chi connectivity index (χ4n) is 2.33. The van der Waals surface area contributed by atoms with Crippen molar-refractivity contribution in [2.24, 2.45) is 0 Å². The fraction of sp³-hybridized carbons (Fsp3) is 0.250. The van der Waals surface area contributed by atoms with Crippen molar-refractivity contribution in [2.75, 3.05) is 13.7 Å². The van der Waals surface area contributed by atoms with Gasteiger partial charge in [-0.25, -0.2) is 0 Å². The topological polar surface area (TPSA) is 27.7 Å². The first kappa shape index (κ1) is 14.5. The first-order valence-corrected chi connectivity index (χ1v) is 7.75. The van der Waals surface area contributed by atoms with Crippen molar-refractivity contribution in [3.63, 3.8) is 0 Å². The van der Waals surface area contributed by atoms with E-state index in [-0.39, 0.29) is 0 Å². The number of fused-ring (bicyclic) bond motifs is 1. The van der Waals surface area contributed by atoms with Crippen molar-refractivity contribution in [1.29, 1.82) is 0 Å². The van der Waals surface area contributed by atoms with Gasteiger partial charge < -0.3 is 14.2 Å². The van der Waals surface area contributed by atoms with E-state index in [0.29, 0.717) is 18.2 Å². The highest BCUT2D eigenvalue weighted by atomic mass is 79.9. The molecule has 110 valence electrons. The number of methoxy groups -OCH3 is 1.